The Morgan fingerprint density at radius 2 is 1.90 bits per heavy atom. The molecule has 162 valence electrons. The number of halogens is 1. The molecule has 0 saturated carbocycles. The van der Waals surface area contributed by atoms with E-state index in [0.717, 1.165) is 10.7 Å². The molecule has 0 spiro atoms. The largest absolute Gasteiger partial charge is 0.497 e. The number of ether oxygens (including phenoxy) is 2. The molecule has 1 amide bonds. The second-order valence-electron chi connectivity index (χ2n) is 6.53. The number of carbonyl (C=O) groups is 2. The smallest absolute Gasteiger partial charge is 0.305 e. The van der Waals surface area contributed by atoms with Crippen LogP contribution in [-0.2, 0) is 4.79 Å². The first-order chi connectivity index (χ1) is 14.8. The van der Waals surface area contributed by atoms with Crippen molar-refractivity contribution in [2.75, 3.05) is 14.2 Å². The molecule has 1 heterocycles. The third-order valence-corrected chi connectivity index (χ3v) is 4.88. The van der Waals surface area contributed by atoms with Crippen molar-refractivity contribution < 1.29 is 24.2 Å². The van der Waals surface area contributed by atoms with E-state index in [1.54, 1.807) is 42.5 Å². The summed E-state index contributed by atoms with van der Waals surface area (Å²) in [5.74, 6) is -0.910. The van der Waals surface area contributed by atoms with Gasteiger partial charge in [0.05, 0.1) is 37.4 Å². The van der Waals surface area contributed by atoms with E-state index in [2.05, 4.69) is 10.4 Å². The zero-order chi connectivity index (χ0) is 22.5. The number of para-hydroxylation sites is 1. The molecule has 0 saturated heterocycles. The molecule has 0 aliphatic carbocycles. The Bertz CT molecular complexity index is 1170. The number of nitrogens with zero attached hydrogens (tertiary/aromatic N) is 1. The molecule has 1 atom stereocenters. The number of rotatable bonds is 8. The van der Waals surface area contributed by atoms with Crippen LogP contribution in [0.1, 0.15) is 28.5 Å². The number of aromatic amines is 1. The monoisotopic (exact) mass is 445 g/mol. The van der Waals surface area contributed by atoms with Crippen molar-refractivity contribution in [3.05, 3.63) is 75.2 Å². The van der Waals surface area contributed by atoms with Crippen LogP contribution in [0, 0.1) is 0 Å². The molecule has 3 N–H and O–H groups in total. The highest BCUT2D eigenvalue weighted by atomic mass is 35.5. The summed E-state index contributed by atoms with van der Waals surface area (Å²) in [5, 5.41) is 15.0. The Labute approximate surface area is 182 Å². The van der Waals surface area contributed by atoms with Crippen molar-refractivity contribution in [3.8, 4) is 17.2 Å². The molecule has 2 aromatic carbocycles. The van der Waals surface area contributed by atoms with Gasteiger partial charge in [-0.15, -0.1) is 0 Å². The van der Waals surface area contributed by atoms with E-state index < -0.39 is 29.9 Å². The highest BCUT2D eigenvalue weighted by Gasteiger charge is 2.24. The number of hydrogen-bond donors (Lipinski definition) is 3. The number of hydrogen-bond acceptors (Lipinski definition) is 5. The summed E-state index contributed by atoms with van der Waals surface area (Å²) < 4.78 is 11.6. The normalized spacial score (nSPS) is 11.6. The third kappa shape index (κ3) is 4.89. The molecular formula is C21H20ClN3O6. The Hall–Kier alpha value is -3.72. The molecule has 3 rings (SSSR count). The second-order valence-corrected chi connectivity index (χ2v) is 6.93. The van der Waals surface area contributed by atoms with E-state index >= 15 is 0 Å². The van der Waals surface area contributed by atoms with E-state index in [1.165, 1.54) is 14.2 Å². The van der Waals surface area contributed by atoms with Crippen molar-refractivity contribution in [2.24, 2.45) is 0 Å². The van der Waals surface area contributed by atoms with Gasteiger partial charge in [-0.1, -0.05) is 23.7 Å². The maximum absolute atomic E-state index is 12.8. The standard InChI is InChI=1S/C21H20ClN3O6/c1-30-12-7-8-13(18(9-12)31-2)15(11-20(27)28)23-21(29)16-10-19(26)25(24-16)17-6-4-3-5-14(17)22/h3-10,15,24H,11H2,1-2H3,(H,23,29)(H,27,28). The minimum Gasteiger partial charge on any atom is -0.497 e. The topological polar surface area (TPSA) is 123 Å². The van der Waals surface area contributed by atoms with Crippen LogP contribution in [0.15, 0.2) is 53.3 Å². The maximum atomic E-state index is 12.8. The molecule has 0 bridgehead atoms. The van der Waals surface area contributed by atoms with Crippen LogP contribution in [-0.4, -0.2) is 41.0 Å². The molecular weight excluding hydrogens is 426 g/mol. The fraction of sp³-hybridized carbons (Fsp3) is 0.190. The van der Waals surface area contributed by atoms with Crippen LogP contribution >= 0.6 is 11.6 Å². The van der Waals surface area contributed by atoms with Gasteiger partial charge in [0.2, 0.25) is 0 Å². The molecule has 0 fully saturated rings. The summed E-state index contributed by atoms with van der Waals surface area (Å²) in [6.07, 6.45) is -0.399. The highest BCUT2D eigenvalue weighted by molar-refractivity contribution is 6.32. The third-order valence-electron chi connectivity index (χ3n) is 4.56. The number of benzene rings is 2. The number of aromatic nitrogens is 2. The molecule has 3 aromatic rings. The van der Waals surface area contributed by atoms with E-state index in [4.69, 9.17) is 21.1 Å². The second kappa shape index (κ2) is 9.40. The van der Waals surface area contributed by atoms with Crippen LogP contribution in [0.25, 0.3) is 5.69 Å². The first-order valence-corrected chi connectivity index (χ1v) is 9.53. The lowest BCUT2D eigenvalue weighted by molar-refractivity contribution is -0.137. The quantitative estimate of drug-likeness (QED) is 0.490. The Kier molecular flexibility index (Phi) is 6.66. The Morgan fingerprint density at radius 3 is 2.55 bits per heavy atom. The summed E-state index contributed by atoms with van der Waals surface area (Å²) in [5.41, 5.74) is 0.293. The van der Waals surface area contributed by atoms with Gasteiger partial charge in [0, 0.05) is 17.7 Å². The Morgan fingerprint density at radius 1 is 1.16 bits per heavy atom. The molecule has 9 nitrogen and oxygen atoms in total. The number of carboxylic acid groups (broad SMARTS) is 1. The van der Waals surface area contributed by atoms with Crippen LogP contribution in [0.5, 0.6) is 11.5 Å². The van der Waals surface area contributed by atoms with Crippen LogP contribution in [0.3, 0.4) is 0 Å². The average Bonchev–Trinajstić information content (AvgIpc) is 3.14. The molecule has 0 aliphatic rings. The average molecular weight is 446 g/mol. The van der Waals surface area contributed by atoms with Gasteiger partial charge in [-0.2, -0.15) is 0 Å². The lowest BCUT2D eigenvalue weighted by atomic mass is 10.0. The summed E-state index contributed by atoms with van der Waals surface area (Å²) in [4.78, 5) is 36.6. The van der Waals surface area contributed by atoms with E-state index in [0.29, 0.717) is 27.8 Å². The van der Waals surface area contributed by atoms with E-state index in [-0.39, 0.29) is 5.69 Å². The van der Waals surface area contributed by atoms with Crippen molar-refractivity contribution in [3.63, 3.8) is 0 Å². The lowest BCUT2D eigenvalue weighted by Crippen LogP contribution is -2.31. The summed E-state index contributed by atoms with van der Waals surface area (Å²) in [7, 11) is 2.92. The van der Waals surface area contributed by atoms with Gasteiger partial charge in [-0.3, -0.25) is 19.5 Å². The SMILES string of the molecule is COc1ccc(C(CC(=O)O)NC(=O)c2cc(=O)n(-c3ccccc3Cl)[nH]2)c(OC)c1. The van der Waals surface area contributed by atoms with Crippen LogP contribution in [0.2, 0.25) is 5.02 Å². The van der Waals surface area contributed by atoms with Gasteiger partial charge in [-0.05, 0) is 24.3 Å². The van der Waals surface area contributed by atoms with Crippen LogP contribution < -0.4 is 20.3 Å². The fourth-order valence-electron chi connectivity index (χ4n) is 3.08. The van der Waals surface area contributed by atoms with Crippen molar-refractivity contribution in [2.45, 2.75) is 12.5 Å². The van der Waals surface area contributed by atoms with Crippen molar-refractivity contribution in [1.29, 1.82) is 0 Å². The fourth-order valence-corrected chi connectivity index (χ4v) is 3.30. The van der Waals surface area contributed by atoms with E-state index in [9.17, 15) is 19.5 Å². The van der Waals surface area contributed by atoms with E-state index in [1.807, 2.05) is 0 Å². The van der Waals surface area contributed by atoms with Crippen LogP contribution in [0.4, 0.5) is 0 Å². The zero-order valence-corrected chi connectivity index (χ0v) is 17.5. The van der Waals surface area contributed by atoms with Crippen molar-refractivity contribution >= 4 is 23.5 Å². The van der Waals surface area contributed by atoms with Gasteiger partial charge in [0.25, 0.3) is 11.5 Å². The first-order valence-electron chi connectivity index (χ1n) is 9.15. The van der Waals surface area contributed by atoms with Gasteiger partial charge in [-0.25, -0.2) is 4.68 Å². The number of amides is 1. The molecule has 1 aromatic heterocycles. The summed E-state index contributed by atoms with van der Waals surface area (Å²) in [6.45, 7) is 0. The minimum absolute atomic E-state index is 0.0483. The minimum atomic E-state index is -1.12. The molecule has 10 heteroatoms. The molecule has 31 heavy (non-hydrogen) atoms. The number of carboxylic acids is 1. The molecule has 0 radical (unpaired) electrons. The molecule has 0 aliphatic heterocycles. The molecule has 1 unspecified atom stereocenters. The van der Waals surface area contributed by atoms with Crippen molar-refractivity contribution in [1.82, 2.24) is 15.1 Å². The predicted molar refractivity (Wildman–Crippen MR) is 113 cm³/mol. The number of nitrogens with one attached hydrogen (secondary N) is 2. The predicted octanol–water partition coefficient (Wildman–Crippen LogP) is 2.78. The van der Waals surface area contributed by atoms with Gasteiger partial charge >= 0.3 is 5.97 Å². The highest BCUT2D eigenvalue weighted by Crippen LogP contribution is 2.31. The summed E-state index contributed by atoms with van der Waals surface area (Å²) >= 11 is 6.13. The number of carbonyl (C=O) groups excluding carboxylic acids is 1. The van der Waals surface area contributed by atoms with Gasteiger partial charge in [0.15, 0.2) is 0 Å². The maximum Gasteiger partial charge on any atom is 0.305 e. The number of H-pyrrole nitrogens is 1. The number of aliphatic carboxylic acids is 1. The summed E-state index contributed by atoms with van der Waals surface area (Å²) in [6, 6.07) is 11.7. The van der Waals surface area contributed by atoms with Gasteiger partial charge in [0.1, 0.15) is 17.2 Å². The van der Waals surface area contributed by atoms with Gasteiger partial charge < -0.3 is 19.9 Å². The zero-order valence-electron chi connectivity index (χ0n) is 16.7. The first kappa shape index (κ1) is 22.0. The Balaban J connectivity index is 1.92. The number of methoxy groups -OCH3 is 2. The lowest BCUT2D eigenvalue weighted by Gasteiger charge is -2.20.